The molecule has 0 saturated carbocycles. The van der Waals surface area contributed by atoms with E-state index in [0.717, 1.165) is 0 Å². The van der Waals surface area contributed by atoms with E-state index in [0.29, 0.717) is 0 Å². The van der Waals surface area contributed by atoms with Gasteiger partial charge in [0.2, 0.25) is 0 Å². The molecular weight excluding hydrogens is 291 g/mol. The van der Waals surface area contributed by atoms with Crippen molar-refractivity contribution in [1.29, 1.82) is 0 Å². The lowest BCUT2D eigenvalue weighted by atomic mass is 10.0. The van der Waals surface area contributed by atoms with E-state index in [2.05, 4.69) is 0 Å². The fraction of sp³-hybridized carbons (Fsp3) is 0.833. The van der Waals surface area contributed by atoms with Gasteiger partial charge in [-0.15, -0.1) is 0 Å². The molecule has 120 valence electrons. The highest BCUT2D eigenvalue weighted by molar-refractivity contribution is 7.45. The predicted molar refractivity (Wildman–Crippen MR) is 61.5 cm³/mol. The maximum Gasteiger partial charge on any atom is 0.466 e. The average molecular weight is 312 g/mol. The number of carbonyl (C=O) groups is 1. The number of aldehydes is 1. The highest BCUT2D eigenvalue weighted by Gasteiger charge is 2.29. The molecule has 0 aliphatic rings. The summed E-state index contributed by atoms with van der Waals surface area (Å²) >= 11 is 0. The Morgan fingerprint density at radius 2 is 1.26 bits per heavy atom. The summed E-state index contributed by atoms with van der Waals surface area (Å²) in [5, 5.41) is 43.5. The molecule has 0 aliphatic carbocycles. The molecule has 0 spiro atoms. The normalized spacial score (nSPS) is 16.4. The van der Waals surface area contributed by atoms with Crippen LogP contribution >= 0.6 is 7.82 Å². The van der Waals surface area contributed by atoms with Crippen molar-refractivity contribution in [2.75, 3.05) is 6.61 Å². The van der Waals surface area contributed by atoms with Gasteiger partial charge in [0.1, 0.15) is 24.4 Å². The van der Waals surface area contributed by atoms with Gasteiger partial charge in [0.25, 0.3) is 0 Å². The van der Waals surface area contributed by atoms with Crippen molar-refractivity contribution in [3.63, 3.8) is 0 Å². The average Bonchev–Trinajstić information content (AvgIpc) is 2.22. The minimum Gasteiger partial charge on any atom is -0.394 e. The van der Waals surface area contributed by atoms with Crippen LogP contribution in [0.15, 0.2) is 0 Å². The van der Waals surface area contributed by atoms with Gasteiger partial charge in [0, 0.05) is 0 Å². The third-order valence-electron chi connectivity index (χ3n) is 1.42. The Kier molecular flexibility index (Phi) is 17.8. The van der Waals surface area contributed by atoms with Crippen molar-refractivity contribution in [2.24, 2.45) is 0 Å². The Labute approximate surface area is 108 Å². The highest BCUT2D eigenvalue weighted by Crippen LogP contribution is 2.25. The Balaban J connectivity index is -0.000000139. The van der Waals surface area contributed by atoms with Gasteiger partial charge >= 0.3 is 7.82 Å². The number of rotatable bonds is 5. The van der Waals surface area contributed by atoms with Gasteiger partial charge in [-0.25, -0.2) is 4.57 Å². The number of aliphatic hydroxyl groups is 5. The maximum atomic E-state index is 9.90. The van der Waals surface area contributed by atoms with Crippen LogP contribution in [0.3, 0.4) is 0 Å². The molecule has 13 heteroatoms. The van der Waals surface area contributed by atoms with E-state index in [9.17, 15) is 4.79 Å². The summed E-state index contributed by atoms with van der Waals surface area (Å²) in [5.41, 5.74) is 0. The lowest BCUT2D eigenvalue weighted by Crippen LogP contribution is -2.46. The highest BCUT2D eigenvalue weighted by atomic mass is 31.2. The van der Waals surface area contributed by atoms with Gasteiger partial charge in [-0.05, 0) is 0 Å². The van der Waals surface area contributed by atoms with Crippen molar-refractivity contribution in [3.8, 4) is 0 Å². The first-order valence-corrected chi connectivity index (χ1v) is 5.67. The number of hydrogen-bond acceptors (Lipinski definition) is 9. The summed E-state index contributed by atoms with van der Waals surface area (Å²) in [4.78, 5) is 31.5. The third kappa shape index (κ3) is 17.5. The van der Waals surface area contributed by atoms with Crippen LogP contribution in [-0.2, 0) is 9.36 Å². The minimum absolute atomic E-state index is 0. The van der Waals surface area contributed by atoms with Gasteiger partial charge in [0.05, 0.1) is 6.61 Å². The van der Waals surface area contributed by atoms with Crippen molar-refractivity contribution in [2.45, 2.75) is 24.4 Å². The first kappa shape index (κ1) is 26.9. The van der Waals surface area contributed by atoms with Crippen LogP contribution in [0, 0.1) is 0 Å². The van der Waals surface area contributed by atoms with Crippen LogP contribution in [0.1, 0.15) is 0 Å². The van der Waals surface area contributed by atoms with E-state index in [1.165, 1.54) is 0 Å². The van der Waals surface area contributed by atoms with Gasteiger partial charge in [-0.3, -0.25) is 0 Å². The second-order valence-electron chi connectivity index (χ2n) is 2.87. The molecule has 0 radical (unpaired) electrons. The smallest absolute Gasteiger partial charge is 0.394 e. The van der Waals surface area contributed by atoms with E-state index >= 15 is 0 Å². The molecule has 19 heavy (non-hydrogen) atoms. The summed E-state index contributed by atoms with van der Waals surface area (Å²) in [6, 6.07) is 0. The summed E-state index contributed by atoms with van der Waals surface area (Å²) in [5.74, 6) is 0. The minimum atomic E-state index is -4.64. The molecule has 0 rings (SSSR count). The molecule has 0 aromatic heterocycles. The number of phosphoric acid groups is 1. The summed E-state index contributed by atoms with van der Waals surface area (Å²) in [6.07, 6.45) is -6.84. The Hall–Kier alpha value is -0.500. The number of carbonyl (C=O) groups excluding carboxylic acids is 1. The third-order valence-corrected chi connectivity index (χ3v) is 1.42. The van der Waals surface area contributed by atoms with Gasteiger partial charge in [0.15, 0.2) is 6.29 Å². The topological polar surface area (TPSA) is 266 Å². The van der Waals surface area contributed by atoms with Crippen LogP contribution in [0.25, 0.3) is 0 Å². The fourth-order valence-electron chi connectivity index (χ4n) is 0.618. The summed E-state index contributed by atoms with van der Waals surface area (Å²) in [7, 11) is -4.64. The molecule has 0 bridgehead atoms. The SMILES string of the molecule is N.N.O=CC(O)C(O)C(O)C(O)CO.O=P(O)(O)O. The van der Waals surface area contributed by atoms with Crippen LogP contribution in [0.2, 0.25) is 0 Å². The Morgan fingerprint density at radius 1 is 0.947 bits per heavy atom. The van der Waals surface area contributed by atoms with Crippen LogP contribution in [-0.4, -0.2) is 77.5 Å². The van der Waals surface area contributed by atoms with Crippen molar-refractivity contribution < 1.29 is 49.6 Å². The zero-order valence-corrected chi connectivity index (χ0v) is 10.7. The van der Waals surface area contributed by atoms with E-state index in [1.807, 2.05) is 0 Å². The van der Waals surface area contributed by atoms with Crippen molar-refractivity contribution >= 4 is 14.1 Å². The lowest BCUT2D eigenvalue weighted by molar-refractivity contribution is -0.136. The Morgan fingerprint density at radius 3 is 1.47 bits per heavy atom. The molecule has 0 heterocycles. The van der Waals surface area contributed by atoms with Gasteiger partial charge in [-0.1, -0.05) is 0 Å². The summed E-state index contributed by atoms with van der Waals surface area (Å²) in [6.45, 7) is -0.760. The molecule has 12 nitrogen and oxygen atoms in total. The largest absolute Gasteiger partial charge is 0.466 e. The van der Waals surface area contributed by atoms with Crippen LogP contribution in [0.4, 0.5) is 0 Å². The van der Waals surface area contributed by atoms with Crippen molar-refractivity contribution in [3.05, 3.63) is 0 Å². The number of aliphatic hydroxyl groups excluding tert-OH is 5. The first-order chi connectivity index (χ1) is 7.54. The van der Waals surface area contributed by atoms with E-state index in [-0.39, 0.29) is 18.6 Å². The second kappa shape index (κ2) is 12.5. The molecule has 0 saturated heterocycles. The Bertz CT molecular complexity index is 252. The molecule has 4 unspecified atom stereocenters. The lowest BCUT2D eigenvalue weighted by Gasteiger charge is -2.22. The molecule has 0 amide bonds. The quantitative estimate of drug-likeness (QED) is 0.172. The number of hydrogen-bond donors (Lipinski definition) is 10. The zero-order chi connectivity index (χ0) is 14.2. The van der Waals surface area contributed by atoms with E-state index in [1.54, 1.807) is 0 Å². The molecule has 0 aliphatic heterocycles. The molecule has 14 N–H and O–H groups in total. The molecule has 0 aromatic carbocycles. The van der Waals surface area contributed by atoms with Gasteiger partial charge in [-0.2, -0.15) is 0 Å². The van der Waals surface area contributed by atoms with Crippen molar-refractivity contribution in [1.82, 2.24) is 12.3 Å². The van der Waals surface area contributed by atoms with Gasteiger partial charge < -0.3 is 57.3 Å². The molecular formula is C6H21N2O10P. The zero-order valence-electron chi connectivity index (χ0n) is 9.85. The second-order valence-corrected chi connectivity index (χ2v) is 3.90. The van der Waals surface area contributed by atoms with E-state index < -0.39 is 38.8 Å². The maximum absolute atomic E-state index is 9.90. The molecule has 0 aromatic rings. The summed E-state index contributed by atoms with van der Waals surface area (Å²) < 4.78 is 8.88. The molecule has 4 atom stereocenters. The first-order valence-electron chi connectivity index (χ1n) is 4.11. The standard InChI is InChI=1S/C6H12O6.2H3N.H3O4P/c7-1-3(9)5(11)6(12)4(10)2-8;;;1-5(2,3)4/h1,3-6,8-12H,2H2;2*1H3;(H3,1,2,3,4). The van der Waals surface area contributed by atoms with Crippen LogP contribution in [0.5, 0.6) is 0 Å². The monoisotopic (exact) mass is 312 g/mol. The fourth-order valence-corrected chi connectivity index (χ4v) is 0.618. The van der Waals surface area contributed by atoms with E-state index in [4.69, 9.17) is 44.8 Å². The van der Waals surface area contributed by atoms with Crippen LogP contribution < -0.4 is 12.3 Å². The predicted octanol–water partition coefficient (Wildman–Crippen LogP) is -3.98. The molecule has 0 fully saturated rings.